The molecule has 0 spiro atoms. The minimum atomic E-state index is -1.19. The van der Waals surface area contributed by atoms with Crippen LogP contribution < -0.4 is 16.5 Å². The predicted octanol–water partition coefficient (Wildman–Crippen LogP) is -0.852. The highest BCUT2D eigenvalue weighted by Gasteiger charge is 2.52. The molecule has 9 nitrogen and oxygen atoms in total. The molecule has 9 heteroatoms. The van der Waals surface area contributed by atoms with Crippen molar-refractivity contribution in [1.29, 1.82) is 0 Å². The number of aliphatic hydroxyl groups excluding tert-OH is 1. The molecule has 156 valence electrons. The first kappa shape index (κ1) is 20.9. The number of likely N-dealkylation sites (tertiary alicyclic amines) is 1. The van der Waals surface area contributed by atoms with E-state index in [1.165, 1.54) is 18.7 Å². The van der Waals surface area contributed by atoms with E-state index in [4.69, 9.17) is 5.73 Å². The molecule has 1 saturated heterocycles. The van der Waals surface area contributed by atoms with Gasteiger partial charge in [0.1, 0.15) is 11.5 Å². The van der Waals surface area contributed by atoms with E-state index < -0.39 is 35.4 Å². The normalized spacial score (nSPS) is 22.4. The van der Waals surface area contributed by atoms with Gasteiger partial charge in [-0.05, 0) is 25.8 Å². The largest absolute Gasteiger partial charge is 0.394 e. The lowest BCUT2D eigenvalue weighted by atomic mass is 9.73. The van der Waals surface area contributed by atoms with Crippen molar-refractivity contribution in [3.63, 3.8) is 0 Å². The molecule has 1 aromatic rings. The van der Waals surface area contributed by atoms with Crippen LogP contribution >= 0.6 is 0 Å². The summed E-state index contributed by atoms with van der Waals surface area (Å²) in [5, 5.41) is 16.4. The number of fused-ring (bicyclic) bond motifs is 1. The molecule has 3 rings (SSSR count). The Kier molecular flexibility index (Phi) is 5.72. The van der Waals surface area contributed by atoms with Crippen LogP contribution in [0.2, 0.25) is 0 Å². The molecule has 3 amide bonds. The molecule has 2 aliphatic heterocycles. The molecule has 2 aliphatic rings. The minimum Gasteiger partial charge on any atom is -0.394 e. The Morgan fingerprint density at radius 3 is 2.69 bits per heavy atom. The van der Waals surface area contributed by atoms with E-state index >= 15 is 0 Å². The first-order valence-electron chi connectivity index (χ1n) is 9.58. The average molecular weight is 401 g/mol. The van der Waals surface area contributed by atoms with E-state index in [1.54, 1.807) is 0 Å². The summed E-state index contributed by atoms with van der Waals surface area (Å²) >= 11 is 0. The van der Waals surface area contributed by atoms with Crippen LogP contribution in [0.5, 0.6) is 0 Å². The first-order chi connectivity index (χ1) is 13.7. The second-order valence-corrected chi connectivity index (χ2v) is 8.18. The van der Waals surface area contributed by atoms with Crippen molar-refractivity contribution in [2.24, 2.45) is 16.3 Å². The second-order valence-electron chi connectivity index (χ2n) is 8.18. The first-order valence-corrected chi connectivity index (χ1v) is 9.58. The third kappa shape index (κ3) is 4.15. The van der Waals surface area contributed by atoms with Crippen molar-refractivity contribution in [2.75, 3.05) is 19.7 Å². The van der Waals surface area contributed by atoms with Gasteiger partial charge < -0.3 is 21.1 Å². The number of benzene rings is 1. The third-order valence-corrected chi connectivity index (χ3v) is 5.39. The van der Waals surface area contributed by atoms with Gasteiger partial charge in [0.05, 0.1) is 17.9 Å². The molecule has 5 N–H and O–H groups in total. The molecule has 1 aromatic carbocycles. The minimum absolute atomic E-state index is 0.129. The maximum absolute atomic E-state index is 13.0. The Bertz CT molecular complexity index is 833. The smallest absolute Gasteiger partial charge is 0.254 e. The maximum Gasteiger partial charge on any atom is 0.254 e. The van der Waals surface area contributed by atoms with Crippen LogP contribution in [0.25, 0.3) is 0 Å². The number of hydrazone groups is 1. The number of hydrogen-bond acceptors (Lipinski definition) is 6. The fourth-order valence-corrected chi connectivity index (χ4v) is 3.69. The predicted molar refractivity (Wildman–Crippen MR) is 107 cm³/mol. The fraction of sp³-hybridized carbons (Fsp3) is 0.500. The molecular formula is C20H27N5O4. The Morgan fingerprint density at radius 2 is 2.07 bits per heavy atom. The zero-order valence-corrected chi connectivity index (χ0v) is 16.6. The highest BCUT2D eigenvalue weighted by Crippen LogP contribution is 2.35. The van der Waals surface area contributed by atoms with Crippen molar-refractivity contribution in [3.05, 3.63) is 35.9 Å². The number of nitrogens with zero attached hydrogens (tertiary/aromatic N) is 2. The SMILES string of the molecule is CC(C)(N)C(=O)NC(CO)C(=O)N1CCC2=NNC(=O)C2(Cc2ccccc2)C1. The van der Waals surface area contributed by atoms with Crippen LogP contribution in [0.1, 0.15) is 25.8 Å². The molecule has 0 aromatic heterocycles. The van der Waals surface area contributed by atoms with E-state index in [2.05, 4.69) is 15.8 Å². The summed E-state index contributed by atoms with van der Waals surface area (Å²) in [6.45, 7) is 2.95. The monoisotopic (exact) mass is 401 g/mol. The number of piperidine rings is 1. The number of carbonyl (C=O) groups is 3. The van der Waals surface area contributed by atoms with Crippen molar-refractivity contribution in [3.8, 4) is 0 Å². The molecule has 0 bridgehead atoms. The van der Waals surface area contributed by atoms with Gasteiger partial charge >= 0.3 is 0 Å². The highest BCUT2D eigenvalue weighted by molar-refractivity contribution is 6.13. The quantitative estimate of drug-likeness (QED) is 0.492. The van der Waals surface area contributed by atoms with Crippen LogP contribution in [0.3, 0.4) is 0 Å². The van der Waals surface area contributed by atoms with Crippen LogP contribution in [0.4, 0.5) is 0 Å². The number of aliphatic hydroxyl groups is 1. The van der Waals surface area contributed by atoms with Gasteiger partial charge in [-0.25, -0.2) is 5.43 Å². The van der Waals surface area contributed by atoms with Gasteiger partial charge in [0.25, 0.3) is 5.91 Å². The van der Waals surface area contributed by atoms with E-state index in [-0.39, 0.29) is 12.5 Å². The van der Waals surface area contributed by atoms with Crippen LogP contribution in [-0.4, -0.2) is 64.7 Å². The Hall–Kier alpha value is -2.78. The molecular weight excluding hydrogens is 374 g/mol. The highest BCUT2D eigenvalue weighted by atomic mass is 16.3. The Balaban J connectivity index is 1.81. The van der Waals surface area contributed by atoms with Gasteiger partial charge in [-0.15, -0.1) is 0 Å². The number of nitrogens with two attached hydrogens (primary N) is 1. The second kappa shape index (κ2) is 7.92. The lowest BCUT2D eigenvalue weighted by Crippen LogP contribution is -2.61. The molecule has 0 radical (unpaired) electrons. The van der Waals surface area contributed by atoms with Crippen molar-refractivity contribution in [2.45, 2.75) is 38.3 Å². The van der Waals surface area contributed by atoms with E-state index in [1.807, 2.05) is 30.3 Å². The van der Waals surface area contributed by atoms with Gasteiger partial charge in [0.2, 0.25) is 11.8 Å². The summed E-state index contributed by atoms with van der Waals surface area (Å²) in [6, 6.07) is 8.43. The third-order valence-electron chi connectivity index (χ3n) is 5.39. The van der Waals surface area contributed by atoms with Crippen LogP contribution in [-0.2, 0) is 20.8 Å². The number of rotatable bonds is 6. The summed E-state index contributed by atoms with van der Waals surface area (Å²) in [5.74, 6) is -1.24. The Labute approximate surface area is 169 Å². The number of amides is 3. The van der Waals surface area contributed by atoms with Crippen molar-refractivity contribution >= 4 is 23.4 Å². The molecule has 0 aliphatic carbocycles. The summed E-state index contributed by atoms with van der Waals surface area (Å²) in [6.07, 6.45) is 0.847. The topological polar surface area (TPSA) is 137 Å². The zero-order valence-electron chi connectivity index (χ0n) is 16.6. The Morgan fingerprint density at radius 1 is 1.38 bits per heavy atom. The lowest BCUT2D eigenvalue weighted by molar-refractivity contribution is -0.141. The number of hydrogen-bond donors (Lipinski definition) is 4. The van der Waals surface area contributed by atoms with E-state index in [0.29, 0.717) is 19.4 Å². The summed E-state index contributed by atoms with van der Waals surface area (Å²) < 4.78 is 0. The van der Waals surface area contributed by atoms with Gasteiger partial charge in [-0.2, -0.15) is 5.10 Å². The molecule has 0 saturated carbocycles. The standard InChI is InChI=1S/C20H27N5O4/c1-19(2,21)17(28)22-14(11-26)16(27)25-9-8-15-20(12-25,18(29)24-23-15)10-13-6-4-3-5-7-13/h3-7,14,26H,8-12,21H2,1-2H3,(H,22,28)(H,24,29). The van der Waals surface area contributed by atoms with Crippen LogP contribution in [0, 0.1) is 5.41 Å². The number of carbonyl (C=O) groups excluding carboxylic acids is 3. The average Bonchev–Trinajstić information content (AvgIpc) is 3.01. The zero-order chi connectivity index (χ0) is 21.2. The molecule has 1 fully saturated rings. The molecule has 2 unspecified atom stereocenters. The van der Waals surface area contributed by atoms with E-state index in [9.17, 15) is 19.5 Å². The van der Waals surface area contributed by atoms with Gasteiger partial charge in [-0.1, -0.05) is 30.3 Å². The maximum atomic E-state index is 13.0. The van der Waals surface area contributed by atoms with Gasteiger partial charge in [0, 0.05) is 19.5 Å². The fourth-order valence-electron chi connectivity index (χ4n) is 3.69. The summed E-state index contributed by atoms with van der Waals surface area (Å²) in [4.78, 5) is 39.4. The summed E-state index contributed by atoms with van der Waals surface area (Å²) in [7, 11) is 0. The molecule has 2 atom stereocenters. The van der Waals surface area contributed by atoms with Crippen molar-refractivity contribution < 1.29 is 19.5 Å². The van der Waals surface area contributed by atoms with E-state index in [0.717, 1.165) is 11.3 Å². The van der Waals surface area contributed by atoms with Gasteiger partial charge in [0.15, 0.2) is 0 Å². The van der Waals surface area contributed by atoms with Gasteiger partial charge in [-0.3, -0.25) is 14.4 Å². The molecule has 29 heavy (non-hydrogen) atoms. The molecule has 2 heterocycles. The lowest BCUT2D eigenvalue weighted by Gasteiger charge is -2.40. The van der Waals surface area contributed by atoms with Crippen molar-refractivity contribution in [1.82, 2.24) is 15.6 Å². The number of nitrogens with one attached hydrogen (secondary N) is 2. The van der Waals surface area contributed by atoms with Crippen LogP contribution in [0.15, 0.2) is 35.4 Å². The summed E-state index contributed by atoms with van der Waals surface area (Å²) in [5.41, 5.74) is 7.87.